The molecule has 0 unspecified atom stereocenters. The average molecular weight is 272 g/mol. The van der Waals surface area contributed by atoms with E-state index in [1.807, 2.05) is 4.90 Å². The number of piperidine rings is 1. The van der Waals surface area contributed by atoms with E-state index in [9.17, 15) is 9.59 Å². The first-order valence-electron chi connectivity index (χ1n) is 6.78. The molecule has 0 radical (unpaired) electrons. The molecule has 1 aliphatic heterocycles. The molecule has 19 heavy (non-hydrogen) atoms. The van der Waals surface area contributed by atoms with E-state index in [1.165, 1.54) is 13.5 Å². The first-order chi connectivity index (χ1) is 9.19. The van der Waals surface area contributed by atoms with Gasteiger partial charge in [0.25, 0.3) is 0 Å². The van der Waals surface area contributed by atoms with Crippen LogP contribution in [0, 0.1) is 0 Å². The van der Waals surface area contributed by atoms with E-state index >= 15 is 0 Å². The molecule has 0 N–H and O–H groups in total. The normalized spacial score (nSPS) is 15.2. The van der Waals surface area contributed by atoms with Crippen LogP contribution in [0.5, 0.6) is 0 Å². The van der Waals surface area contributed by atoms with Gasteiger partial charge in [-0.05, 0) is 19.3 Å². The van der Waals surface area contributed by atoms with Gasteiger partial charge < -0.3 is 19.3 Å². The number of hydrogen-bond acceptors (Lipinski definition) is 4. The molecular formula is C13H24N2O4. The van der Waals surface area contributed by atoms with E-state index in [0.717, 1.165) is 25.9 Å². The second-order valence-corrected chi connectivity index (χ2v) is 4.64. The molecule has 2 amide bonds. The van der Waals surface area contributed by atoms with Crippen molar-refractivity contribution >= 4 is 12.0 Å². The van der Waals surface area contributed by atoms with E-state index in [2.05, 4.69) is 4.74 Å². The van der Waals surface area contributed by atoms with Crippen LogP contribution in [0.3, 0.4) is 0 Å². The summed E-state index contributed by atoms with van der Waals surface area (Å²) in [6, 6.07) is 0.000605. The summed E-state index contributed by atoms with van der Waals surface area (Å²) in [5, 5.41) is 0. The van der Waals surface area contributed by atoms with Crippen LogP contribution in [0.4, 0.5) is 4.79 Å². The minimum Gasteiger partial charge on any atom is -0.469 e. The Balaban J connectivity index is 2.50. The minimum absolute atomic E-state index is 0.000605. The molecule has 0 atom stereocenters. The SMILES string of the molecule is COCCN(CCC(=O)OC)C(=O)N1CCCCC1. The Morgan fingerprint density at radius 3 is 2.37 bits per heavy atom. The lowest BCUT2D eigenvalue weighted by Crippen LogP contribution is -2.47. The lowest BCUT2D eigenvalue weighted by atomic mass is 10.1. The Kier molecular flexibility index (Phi) is 7.25. The molecule has 1 aliphatic rings. The van der Waals surface area contributed by atoms with Crippen molar-refractivity contribution in [2.45, 2.75) is 25.7 Å². The van der Waals surface area contributed by atoms with Crippen LogP contribution in [0.25, 0.3) is 0 Å². The predicted molar refractivity (Wildman–Crippen MR) is 70.9 cm³/mol. The highest BCUT2D eigenvalue weighted by Gasteiger charge is 2.22. The van der Waals surface area contributed by atoms with Crippen molar-refractivity contribution in [3.63, 3.8) is 0 Å². The number of carbonyl (C=O) groups excluding carboxylic acids is 2. The molecule has 0 aromatic rings. The van der Waals surface area contributed by atoms with Crippen LogP contribution in [-0.2, 0) is 14.3 Å². The highest BCUT2D eigenvalue weighted by Crippen LogP contribution is 2.11. The molecule has 1 fully saturated rings. The molecule has 1 rings (SSSR count). The molecular weight excluding hydrogens is 248 g/mol. The molecule has 110 valence electrons. The van der Waals surface area contributed by atoms with Gasteiger partial charge in [-0.25, -0.2) is 4.79 Å². The van der Waals surface area contributed by atoms with Gasteiger partial charge >= 0.3 is 12.0 Å². The van der Waals surface area contributed by atoms with E-state index < -0.39 is 0 Å². The van der Waals surface area contributed by atoms with Crippen molar-refractivity contribution in [1.29, 1.82) is 0 Å². The minimum atomic E-state index is -0.297. The number of rotatable bonds is 6. The highest BCUT2D eigenvalue weighted by atomic mass is 16.5. The number of likely N-dealkylation sites (tertiary alicyclic amines) is 1. The first kappa shape index (κ1) is 15.8. The molecule has 0 aromatic heterocycles. The van der Waals surface area contributed by atoms with Gasteiger partial charge in [-0.15, -0.1) is 0 Å². The zero-order valence-corrected chi connectivity index (χ0v) is 11.9. The number of nitrogens with zero attached hydrogens (tertiary/aromatic N) is 2. The Morgan fingerprint density at radius 1 is 1.11 bits per heavy atom. The maximum absolute atomic E-state index is 12.3. The third-order valence-electron chi connectivity index (χ3n) is 3.28. The topological polar surface area (TPSA) is 59.1 Å². The van der Waals surface area contributed by atoms with Gasteiger partial charge in [0.1, 0.15) is 0 Å². The average Bonchev–Trinajstić information content (AvgIpc) is 2.47. The summed E-state index contributed by atoms with van der Waals surface area (Å²) in [5.74, 6) is -0.297. The predicted octanol–water partition coefficient (Wildman–Crippen LogP) is 1.10. The summed E-state index contributed by atoms with van der Waals surface area (Å²) < 4.78 is 9.62. The molecule has 0 aliphatic carbocycles. The zero-order valence-electron chi connectivity index (χ0n) is 11.9. The lowest BCUT2D eigenvalue weighted by molar-refractivity contribution is -0.140. The molecule has 6 heteroatoms. The summed E-state index contributed by atoms with van der Waals surface area (Å²) in [4.78, 5) is 27.1. The van der Waals surface area contributed by atoms with E-state index in [4.69, 9.17) is 4.74 Å². The van der Waals surface area contributed by atoms with E-state index in [0.29, 0.717) is 19.7 Å². The van der Waals surface area contributed by atoms with Gasteiger partial charge in [0.15, 0.2) is 0 Å². The molecule has 0 bridgehead atoms. The van der Waals surface area contributed by atoms with Gasteiger partial charge in [-0.3, -0.25) is 4.79 Å². The van der Waals surface area contributed by atoms with Crippen molar-refractivity contribution in [1.82, 2.24) is 9.80 Å². The number of ether oxygens (including phenoxy) is 2. The molecule has 1 heterocycles. The second-order valence-electron chi connectivity index (χ2n) is 4.64. The molecule has 0 aromatic carbocycles. The maximum atomic E-state index is 12.3. The Morgan fingerprint density at radius 2 is 1.79 bits per heavy atom. The number of hydrogen-bond donors (Lipinski definition) is 0. The Labute approximate surface area is 114 Å². The van der Waals surface area contributed by atoms with Crippen LogP contribution < -0.4 is 0 Å². The number of amides is 2. The van der Waals surface area contributed by atoms with Gasteiger partial charge in [-0.1, -0.05) is 0 Å². The van der Waals surface area contributed by atoms with Crippen molar-refractivity contribution in [3.05, 3.63) is 0 Å². The summed E-state index contributed by atoms with van der Waals surface area (Å²) in [7, 11) is 2.96. The number of urea groups is 1. The highest BCUT2D eigenvalue weighted by molar-refractivity contribution is 5.76. The lowest BCUT2D eigenvalue weighted by Gasteiger charge is -2.32. The Bertz CT molecular complexity index is 290. The monoisotopic (exact) mass is 272 g/mol. The van der Waals surface area contributed by atoms with E-state index in [-0.39, 0.29) is 18.4 Å². The van der Waals surface area contributed by atoms with Gasteiger partial charge in [0.05, 0.1) is 20.1 Å². The molecule has 0 saturated carbocycles. The van der Waals surface area contributed by atoms with Crippen molar-refractivity contribution in [2.24, 2.45) is 0 Å². The third kappa shape index (κ3) is 5.46. The van der Waals surface area contributed by atoms with E-state index in [1.54, 1.807) is 12.0 Å². The number of esters is 1. The van der Waals surface area contributed by atoms with Crippen LogP contribution >= 0.6 is 0 Å². The summed E-state index contributed by atoms with van der Waals surface area (Å²) >= 11 is 0. The largest absolute Gasteiger partial charge is 0.469 e. The fraction of sp³-hybridized carbons (Fsp3) is 0.846. The first-order valence-corrected chi connectivity index (χ1v) is 6.78. The maximum Gasteiger partial charge on any atom is 0.320 e. The summed E-state index contributed by atoms with van der Waals surface area (Å²) in [6.07, 6.45) is 3.52. The molecule has 6 nitrogen and oxygen atoms in total. The van der Waals surface area contributed by atoms with Gasteiger partial charge in [0, 0.05) is 33.3 Å². The van der Waals surface area contributed by atoms with Crippen molar-refractivity contribution in [3.8, 4) is 0 Å². The molecule has 1 saturated heterocycles. The standard InChI is InChI=1S/C13H24N2O4/c1-18-11-10-15(9-6-12(16)19-2)13(17)14-7-4-3-5-8-14/h3-11H2,1-2H3. The molecule has 0 spiro atoms. The number of methoxy groups -OCH3 is 2. The fourth-order valence-corrected chi connectivity index (χ4v) is 2.12. The summed E-state index contributed by atoms with van der Waals surface area (Å²) in [6.45, 7) is 2.97. The number of carbonyl (C=O) groups is 2. The van der Waals surface area contributed by atoms with Crippen molar-refractivity contribution < 1.29 is 19.1 Å². The van der Waals surface area contributed by atoms with Crippen molar-refractivity contribution in [2.75, 3.05) is 47.0 Å². The van der Waals surface area contributed by atoms with Gasteiger partial charge in [0.2, 0.25) is 0 Å². The zero-order chi connectivity index (χ0) is 14.1. The quantitative estimate of drug-likeness (QED) is 0.679. The van der Waals surface area contributed by atoms with Gasteiger partial charge in [-0.2, -0.15) is 0 Å². The smallest absolute Gasteiger partial charge is 0.320 e. The van der Waals surface area contributed by atoms with Crippen LogP contribution in [0.15, 0.2) is 0 Å². The summed E-state index contributed by atoms with van der Waals surface area (Å²) in [5.41, 5.74) is 0. The van der Waals surface area contributed by atoms with Crippen LogP contribution in [-0.4, -0.2) is 68.8 Å². The second kappa shape index (κ2) is 8.74. The third-order valence-corrected chi connectivity index (χ3v) is 3.28. The Hall–Kier alpha value is -1.30. The fourth-order valence-electron chi connectivity index (χ4n) is 2.12. The van der Waals surface area contributed by atoms with Crippen LogP contribution in [0.2, 0.25) is 0 Å². The van der Waals surface area contributed by atoms with Crippen LogP contribution in [0.1, 0.15) is 25.7 Å².